The summed E-state index contributed by atoms with van der Waals surface area (Å²) in [6.07, 6.45) is 0. The van der Waals surface area contributed by atoms with Crippen LogP contribution in [0.3, 0.4) is 0 Å². The monoisotopic (exact) mass is 393 g/mol. The first-order valence-corrected chi connectivity index (χ1v) is 9.60. The molecule has 0 saturated carbocycles. The van der Waals surface area contributed by atoms with Crippen molar-refractivity contribution in [2.75, 3.05) is 26.2 Å². The predicted octanol–water partition coefficient (Wildman–Crippen LogP) is 2.75. The lowest BCUT2D eigenvalue weighted by Gasteiger charge is -2.34. The molecule has 1 aliphatic heterocycles. The maximum absolute atomic E-state index is 12.7. The lowest BCUT2D eigenvalue weighted by molar-refractivity contribution is -0.384. The summed E-state index contributed by atoms with van der Waals surface area (Å²) in [4.78, 5) is 32.0. The van der Waals surface area contributed by atoms with Crippen molar-refractivity contribution in [1.82, 2.24) is 19.4 Å². The van der Waals surface area contributed by atoms with Crippen molar-refractivity contribution in [2.45, 2.75) is 13.5 Å². The Labute approximate surface area is 168 Å². The molecule has 3 aromatic rings. The van der Waals surface area contributed by atoms with E-state index in [-0.39, 0.29) is 11.6 Å². The molecule has 0 N–H and O–H groups in total. The Morgan fingerprint density at radius 3 is 2.45 bits per heavy atom. The molecule has 1 aliphatic rings. The zero-order valence-corrected chi connectivity index (χ0v) is 16.5. The minimum Gasteiger partial charge on any atom is -0.336 e. The molecule has 8 nitrogen and oxygen atoms in total. The highest BCUT2D eigenvalue weighted by atomic mass is 16.6. The van der Waals surface area contributed by atoms with Crippen LogP contribution in [0, 0.1) is 17.0 Å². The maximum atomic E-state index is 12.7. The van der Waals surface area contributed by atoms with Gasteiger partial charge in [0, 0.05) is 50.9 Å². The Kier molecular flexibility index (Phi) is 5.02. The zero-order valence-electron chi connectivity index (χ0n) is 16.5. The van der Waals surface area contributed by atoms with Gasteiger partial charge in [-0.05, 0) is 25.1 Å². The molecule has 0 radical (unpaired) electrons. The van der Waals surface area contributed by atoms with Crippen LogP contribution in [0.25, 0.3) is 11.0 Å². The number of carbonyl (C=O) groups is 1. The van der Waals surface area contributed by atoms with E-state index >= 15 is 0 Å². The van der Waals surface area contributed by atoms with Crippen molar-refractivity contribution in [3.05, 3.63) is 69.5 Å². The molecule has 1 aromatic heterocycles. The van der Waals surface area contributed by atoms with Gasteiger partial charge in [0.15, 0.2) is 0 Å². The van der Waals surface area contributed by atoms with E-state index in [0.717, 1.165) is 35.6 Å². The first-order chi connectivity index (χ1) is 13.9. The Hall–Kier alpha value is -3.26. The molecule has 29 heavy (non-hydrogen) atoms. The molecule has 0 aliphatic carbocycles. The van der Waals surface area contributed by atoms with Crippen LogP contribution in [0.2, 0.25) is 0 Å². The molecule has 0 atom stereocenters. The number of nitro benzene ring substituents is 1. The quantitative estimate of drug-likeness (QED) is 0.503. The van der Waals surface area contributed by atoms with Crippen LogP contribution in [0.15, 0.2) is 42.5 Å². The van der Waals surface area contributed by atoms with Gasteiger partial charge in [-0.25, -0.2) is 4.98 Å². The van der Waals surface area contributed by atoms with Crippen LogP contribution in [0.4, 0.5) is 5.69 Å². The molecule has 0 bridgehead atoms. The second kappa shape index (κ2) is 7.63. The lowest BCUT2D eigenvalue weighted by atomic mass is 10.1. The normalized spacial score (nSPS) is 15.0. The number of aromatic nitrogens is 2. The summed E-state index contributed by atoms with van der Waals surface area (Å²) >= 11 is 0. The van der Waals surface area contributed by atoms with E-state index in [1.165, 1.54) is 12.1 Å². The number of amides is 1. The largest absolute Gasteiger partial charge is 0.336 e. The highest BCUT2D eigenvalue weighted by molar-refractivity contribution is 5.94. The number of benzene rings is 2. The molecule has 2 aromatic carbocycles. The Bertz CT molecular complexity index is 1070. The summed E-state index contributed by atoms with van der Waals surface area (Å²) in [5, 5.41) is 11.0. The van der Waals surface area contributed by atoms with Crippen LogP contribution in [0.5, 0.6) is 0 Å². The van der Waals surface area contributed by atoms with E-state index in [4.69, 9.17) is 0 Å². The first kappa shape index (κ1) is 19.1. The number of rotatable bonds is 4. The molecule has 1 saturated heterocycles. The average molecular weight is 393 g/mol. The van der Waals surface area contributed by atoms with Crippen molar-refractivity contribution >= 4 is 22.6 Å². The Morgan fingerprint density at radius 1 is 1.10 bits per heavy atom. The average Bonchev–Trinajstić information content (AvgIpc) is 3.03. The Balaban J connectivity index is 1.42. The van der Waals surface area contributed by atoms with Gasteiger partial charge in [-0.2, -0.15) is 0 Å². The fourth-order valence-electron chi connectivity index (χ4n) is 3.68. The number of aryl methyl sites for hydroxylation is 2. The summed E-state index contributed by atoms with van der Waals surface area (Å²) in [6, 6.07) is 12.4. The van der Waals surface area contributed by atoms with E-state index in [1.807, 2.05) is 47.7 Å². The number of hydrogen-bond donors (Lipinski definition) is 0. The third-order valence-electron chi connectivity index (χ3n) is 5.49. The molecule has 4 rings (SSSR count). The van der Waals surface area contributed by atoms with Gasteiger partial charge in [0.05, 0.1) is 22.5 Å². The second-order valence-corrected chi connectivity index (χ2v) is 7.45. The van der Waals surface area contributed by atoms with E-state index in [2.05, 4.69) is 9.88 Å². The number of fused-ring (bicyclic) bond motifs is 1. The molecule has 150 valence electrons. The predicted molar refractivity (Wildman–Crippen MR) is 110 cm³/mol. The molecule has 8 heteroatoms. The molecule has 0 unspecified atom stereocenters. The number of piperazine rings is 1. The highest BCUT2D eigenvalue weighted by Gasteiger charge is 2.23. The SMILES string of the molecule is Cc1ccc(C(=O)N2CCN(Cc3nc4cc([N+](=O)[O-])ccc4n3C)CC2)cc1. The summed E-state index contributed by atoms with van der Waals surface area (Å²) in [5.41, 5.74) is 3.41. The number of carbonyl (C=O) groups excluding carboxylic acids is 1. The molecular formula is C21H23N5O3. The summed E-state index contributed by atoms with van der Waals surface area (Å²) < 4.78 is 1.98. The lowest BCUT2D eigenvalue weighted by Crippen LogP contribution is -2.48. The number of nitrogens with zero attached hydrogens (tertiary/aromatic N) is 5. The number of imidazole rings is 1. The smallest absolute Gasteiger partial charge is 0.271 e. The van der Waals surface area contributed by atoms with Crippen molar-refractivity contribution in [1.29, 1.82) is 0 Å². The van der Waals surface area contributed by atoms with E-state index < -0.39 is 4.92 Å². The van der Waals surface area contributed by atoms with Crippen molar-refractivity contribution in [3.8, 4) is 0 Å². The molecule has 2 heterocycles. The topological polar surface area (TPSA) is 84.5 Å². The van der Waals surface area contributed by atoms with E-state index in [1.54, 1.807) is 6.07 Å². The maximum Gasteiger partial charge on any atom is 0.271 e. The van der Waals surface area contributed by atoms with E-state index in [0.29, 0.717) is 25.2 Å². The van der Waals surface area contributed by atoms with E-state index in [9.17, 15) is 14.9 Å². The van der Waals surface area contributed by atoms with Gasteiger partial charge in [-0.3, -0.25) is 19.8 Å². The van der Waals surface area contributed by atoms with Gasteiger partial charge >= 0.3 is 0 Å². The first-order valence-electron chi connectivity index (χ1n) is 9.60. The summed E-state index contributed by atoms with van der Waals surface area (Å²) in [5.74, 6) is 0.929. The number of non-ortho nitro benzene ring substituents is 1. The van der Waals surface area contributed by atoms with Crippen LogP contribution >= 0.6 is 0 Å². The molecule has 1 fully saturated rings. The van der Waals surface area contributed by atoms with Gasteiger partial charge in [0.25, 0.3) is 11.6 Å². The summed E-state index contributed by atoms with van der Waals surface area (Å²) in [6.45, 7) is 5.52. The molecule has 0 spiro atoms. The van der Waals surface area contributed by atoms with Gasteiger partial charge in [-0.15, -0.1) is 0 Å². The second-order valence-electron chi connectivity index (χ2n) is 7.45. The fraction of sp³-hybridized carbons (Fsp3) is 0.333. The minimum absolute atomic E-state index is 0.0467. The number of hydrogen-bond acceptors (Lipinski definition) is 5. The summed E-state index contributed by atoms with van der Waals surface area (Å²) in [7, 11) is 1.92. The Morgan fingerprint density at radius 2 is 1.79 bits per heavy atom. The molecule has 1 amide bonds. The minimum atomic E-state index is -0.405. The number of nitro groups is 1. The zero-order chi connectivity index (χ0) is 20.5. The third kappa shape index (κ3) is 3.84. The van der Waals surface area contributed by atoms with Crippen molar-refractivity contribution < 1.29 is 9.72 Å². The third-order valence-corrected chi connectivity index (χ3v) is 5.49. The van der Waals surface area contributed by atoms with Gasteiger partial charge in [0.2, 0.25) is 0 Å². The standard InChI is InChI=1S/C21H23N5O3/c1-15-3-5-16(6-4-15)21(27)25-11-9-24(10-12-25)14-20-22-18-13-17(26(28)29)7-8-19(18)23(20)2/h3-8,13H,9-12,14H2,1-2H3. The van der Waals surface area contributed by atoms with Gasteiger partial charge < -0.3 is 9.47 Å². The van der Waals surface area contributed by atoms with Gasteiger partial charge in [-0.1, -0.05) is 17.7 Å². The highest BCUT2D eigenvalue weighted by Crippen LogP contribution is 2.22. The van der Waals surface area contributed by atoms with Crippen LogP contribution < -0.4 is 0 Å². The van der Waals surface area contributed by atoms with Crippen molar-refractivity contribution in [2.24, 2.45) is 7.05 Å². The van der Waals surface area contributed by atoms with Crippen molar-refractivity contribution in [3.63, 3.8) is 0 Å². The molecular weight excluding hydrogens is 370 g/mol. The van der Waals surface area contributed by atoms with Crippen LogP contribution in [-0.4, -0.2) is 56.4 Å². The van der Waals surface area contributed by atoms with Crippen LogP contribution in [-0.2, 0) is 13.6 Å². The van der Waals surface area contributed by atoms with Gasteiger partial charge in [0.1, 0.15) is 5.82 Å². The fourth-order valence-corrected chi connectivity index (χ4v) is 3.68. The van der Waals surface area contributed by atoms with Crippen LogP contribution in [0.1, 0.15) is 21.7 Å².